The van der Waals surface area contributed by atoms with Gasteiger partial charge in [-0.05, 0) is 16.7 Å². The highest BCUT2D eigenvalue weighted by Crippen LogP contribution is 2.36. The minimum atomic E-state index is -2.54. The molecule has 0 bridgehead atoms. The number of carbonyl (C=O) groups excluding carboxylic acids is 4. The molecule has 62 heavy (non-hydrogen) atoms. The largest absolute Gasteiger partial charge is 0.463 e. The lowest BCUT2D eigenvalue weighted by molar-refractivity contribution is -0.363. The molecule has 2 heterocycles. The van der Waals surface area contributed by atoms with Crippen LogP contribution in [0.1, 0.15) is 37.5 Å². The third-order valence-electron chi connectivity index (χ3n) is 9.48. The molecule has 10 atom stereocenters. The molecular weight excluding hydrogens is 873 g/mol. The van der Waals surface area contributed by atoms with E-state index in [-0.39, 0.29) is 33.0 Å². The SMILES string of the molecule is C=CCOC1OC(COCc2ccccc2)C(OCc2ccccc2)C(OCc2ccccc2)C1OC1OC(COC(C)=O)C(OC(C)=O)C(OC(C)=O)C1NC(=O)C(Cl)(Cl)Cl. The summed E-state index contributed by atoms with van der Waals surface area (Å²) in [5.41, 5.74) is 2.58. The molecule has 1 N–H and O–H groups in total. The number of carbonyl (C=O) groups is 4. The maximum absolute atomic E-state index is 13.4. The lowest BCUT2D eigenvalue weighted by atomic mass is 9.94. The number of ether oxygens (including phenoxy) is 10. The predicted octanol–water partition coefficient (Wildman–Crippen LogP) is 5.69. The van der Waals surface area contributed by atoms with Crippen LogP contribution in [0.25, 0.3) is 0 Å². The number of hydrogen-bond donors (Lipinski definition) is 1. The molecule has 3 aromatic rings. The summed E-state index contributed by atoms with van der Waals surface area (Å²) in [5, 5.41) is 2.53. The van der Waals surface area contributed by atoms with E-state index in [1.165, 1.54) is 6.08 Å². The normalized spacial score (nSPS) is 26.2. The maximum Gasteiger partial charge on any atom is 0.303 e. The van der Waals surface area contributed by atoms with Crippen LogP contribution in [-0.2, 0) is 86.4 Å². The summed E-state index contributed by atoms with van der Waals surface area (Å²) in [6.45, 7) is 7.08. The average Bonchev–Trinajstić information content (AvgIpc) is 3.24. The molecule has 2 saturated heterocycles. The smallest absolute Gasteiger partial charge is 0.303 e. The quantitative estimate of drug-likeness (QED) is 0.0634. The van der Waals surface area contributed by atoms with Gasteiger partial charge in [-0.15, -0.1) is 6.58 Å². The van der Waals surface area contributed by atoms with E-state index >= 15 is 0 Å². The lowest BCUT2D eigenvalue weighted by Gasteiger charge is -2.50. The van der Waals surface area contributed by atoms with Crippen molar-refractivity contribution in [2.45, 2.75) is 106 Å². The molecule has 0 spiro atoms. The fraction of sp³-hybridized carbons (Fsp3) is 0.455. The Morgan fingerprint density at radius 2 is 1.13 bits per heavy atom. The fourth-order valence-corrected chi connectivity index (χ4v) is 6.97. The molecule has 2 aliphatic rings. The Kier molecular flexibility index (Phi) is 19.0. The van der Waals surface area contributed by atoms with Gasteiger partial charge in [0.05, 0.1) is 33.0 Å². The summed E-state index contributed by atoms with van der Waals surface area (Å²) >= 11 is 18.1. The molecule has 10 unspecified atom stereocenters. The third-order valence-corrected chi connectivity index (χ3v) is 10.00. The molecule has 3 aromatic carbocycles. The predicted molar refractivity (Wildman–Crippen MR) is 224 cm³/mol. The molecule has 0 aliphatic carbocycles. The van der Waals surface area contributed by atoms with Crippen molar-refractivity contribution >= 4 is 58.6 Å². The summed E-state index contributed by atoms with van der Waals surface area (Å²) in [5.74, 6) is -3.54. The standard InChI is InChI=1S/C44H50Cl3NO14/c1-5-21-54-42-40(62-41-35(48-43(52)44(45,46)47)38(59-29(4)51)37(58-28(3)50)34(60-41)26-55-27(2)49)39(57-24-32-19-13-8-14-20-32)36(56-23-31-17-11-7-12-18-31)33(61-42)25-53-22-30-15-9-6-10-16-30/h5-20,33-42H,1,21-26H2,2-4H3,(H,48,52). The summed E-state index contributed by atoms with van der Waals surface area (Å²) in [6, 6.07) is 26.8. The van der Waals surface area contributed by atoms with Gasteiger partial charge < -0.3 is 52.7 Å². The van der Waals surface area contributed by atoms with Crippen LogP contribution in [-0.4, -0.2) is 109 Å². The average molecular weight is 923 g/mol. The van der Waals surface area contributed by atoms with Crippen molar-refractivity contribution in [1.29, 1.82) is 0 Å². The second-order valence-corrected chi connectivity index (χ2v) is 16.6. The molecule has 2 fully saturated rings. The Bertz CT molecular complexity index is 1890. The Balaban J connectivity index is 1.60. The zero-order valence-electron chi connectivity index (χ0n) is 34.3. The number of rotatable bonds is 20. The highest BCUT2D eigenvalue weighted by molar-refractivity contribution is 6.76. The number of benzene rings is 3. The Labute approximate surface area is 375 Å². The van der Waals surface area contributed by atoms with Crippen LogP contribution in [0.3, 0.4) is 0 Å². The number of halogens is 3. The molecule has 0 radical (unpaired) electrons. The lowest BCUT2D eigenvalue weighted by Crippen LogP contribution is -2.70. The van der Waals surface area contributed by atoms with Crippen molar-refractivity contribution in [2.24, 2.45) is 0 Å². The molecule has 1 amide bonds. The first kappa shape index (κ1) is 48.9. The van der Waals surface area contributed by atoms with Gasteiger partial charge >= 0.3 is 17.9 Å². The zero-order chi connectivity index (χ0) is 44.6. The van der Waals surface area contributed by atoms with Crippen molar-refractivity contribution in [3.05, 3.63) is 120 Å². The van der Waals surface area contributed by atoms with Gasteiger partial charge in [-0.25, -0.2) is 0 Å². The van der Waals surface area contributed by atoms with E-state index in [4.69, 9.17) is 82.2 Å². The molecule has 0 aromatic heterocycles. The number of esters is 3. The fourth-order valence-electron chi connectivity index (χ4n) is 6.81. The van der Waals surface area contributed by atoms with Gasteiger partial charge in [0.15, 0.2) is 24.8 Å². The summed E-state index contributed by atoms with van der Waals surface area (Å²) in [4.78, 5) is 50.7. The second-order valence-electron chi connectivity index (χ2n) is 14.3. The zero-order valence-corrected chi connectivity index (χ0v) is 36.6. The van der Waals surface area contributed by atoms with Gasteiger partial charge in [-0.1, -0.05) is 132 Å². The Morgan fingerprint density at radius 1 is 0.629 bits per heavy atom. The van der Waals surface area contributed by atoms with Gasteiger partial charge in [-0.3, -0.25) is 19.2 Å². The van der Waals surface area contributed by atoms with E-state index in [9.17, 15) is 19.2 Å². The van der Waals surface area contributed by atoms with Gasteiger partial charge in [0.2, 0.25) is 0 Å². The summed E-state index contributed by atoms with van der Waals surface area (Å²) < 4.78 is 59.8. The van der Waals surface area contributed by atoms with Crippen molar-refractivity contribution in [3.8, 4) is 0 Å². The molecule has 15 nitrogen and oxygen atoms in total. The van der Waals surface area contributed by atoms with Crippen molar-refractivity contribution in [3.63, 3.8) is 0 Å². The van der Waals surface area contributed by atoms with Crippen LogP contribution in [0, 0.1) is 0 Å². The molecule has 18 heteroatoms. The van der Waals surface area contributed by atoms with E-state index in [0.29, 0.717) is 0 Å². The number of alkyl halides is 3. The highest BCUT2D eigenvalue weighted by Gasteiger charge is 2.56. The third kappa shape index (κ3) is 14.7. The topological polar surface area (TPSA) is 173 Å². The van der Waals surface area contributed by atoms with Gasteiger partial charge in [0, 0.05) is 20.8 Å². The van der Waals surface area contributed by atoms with Crippen LogP contribution in [0.4, 0.5) is 0 Å². The van der Waals surface area contributed by atoms with E-state index in [1.807, 2.05) is 91.0 Å². The van der Waals surface area contributed by atoms with E-state index in [2.05, 4.69) is 11.9 Å². The van der Waals surface area contributed by atoms with Gasteiger partial charge in [-0.2, -0.15) is 0 Å². The summed E-state index contributed by atoms with van der Waals surface area (Å²) in [6.07, 6.45) is -9.95. The summed E-state index contributed by atoms with van der Waals surface area (Å²) in [7, 11) is 0. The van der Waals surface area contributed by atoms with Crippen molar-refractivity contribution < 1.29 is 66.5 Å². The minimum absolute atomic E-state index is 0.0190. The molecule has 336 valence electrons. The van der Waals surface area contributed by atoms with Crippen molar-refractivity contribution in [2.75, 3.05) is 19.8 Å². The van der Waals surface area contributed by atoms with Crippen LogP contribution in [0.2, 0.25) is 0 Å². The van der Waals surface area contributed by atoms with Crippen LogP contribution >= 0.6 is 34.8 Å². The minimum Gasteiger partial charge on any atom is -0.463 e. The van der Waals surface area contributed by atoms with Crippen LogP contribution in [0.5, 0.6) is 0 Å². The van der Waals surface area contributed by atoms with Gasteiger partial charge in [0.1, 0.15) is 43.2 Å². The first-order chi connectivity index (χ1) is 29.7. The Hall–Kier alpha value is -4.13. The number of amides is 1. The first-order valence-corrected chi connectivity index (χ1v) is 20.8. The molecular formula is C44H50Cl3NO14. The van der Waals surface area contributed by atoms with Crippen LogP contribution < -0.4 is 5.32 Å². The maximum atomic E-state index is 13.4. The van der Waals surface area contributed by atoms with E-state index in [0.717, 1.165) is 37.5 Å². The van der Waals surface area contributed by atoms with E-state index < -0.39 is 95.6 Å². The van der Waals surface area contributed by atoms with Gasteiger partial charge in [0.25, 0.3) is 9.70 Å². The first-order valence-electron chi connectivity index (χ1n) is 19.7. The molecule has 2 aliphatic heterocycles. The Morgan fingerprint density at radius 3 is 1.65 bits per heavy atom. The van der Waals surface area contributed by atoms with Crippen molar-refractivity contribution in [1.82, 2.24) is 5.32 Å². The monoisotopic (exact) mass is 921 g/mol. The number of nitrogens with one attached hydrogen (secondary N) is 1. The molecule has 5 rings (SSSR count). The van der Waals surface area contributed by atoms with E-state index in [1.54, 1.807) is 0 Å². The van der Waals surface area contributed by atoms with Crippen LogP contribution in [0.15, 0.2) is 104 Å². The highest BCUT2D eigenvalue weighted by atomic mass is 35.6. The number of hydrogen-bond acceptors (Lipinski definition) is 14. The second kappa shape index (κ2) is 24.1. The molecule has 0 saturated carbocycles.